The van der Waals surface area contributed by atoms with Crippen LogP contribution < -0.4 is 0 Å². The summed E-state index contributed by atoms with van der Waals surface area (Å²) in [6.45, 7) is 0. The van der Waals surface area contributed by atoms with Crippen molar-refractivity contribution in [1.82, 2.24) is 9.97 Å². The maximum atomic E-state index is 12.4. The Balaban J connectivity index is 2.13. The molecule has 0 radical (unpaired) electrons. The molecular formula is C16H16N2O2. The Morgan fingerprint density at radius 3 is 2.70 bits per heavy atom. The van der Waals surface area contributed by atoms with Gasteiger partial charge in [-0.25, -0.2) is 0 Å². The number of fused-ring (bicyclic) bond motifs is 1. The first-order valence-electron chi connectivity index (χ1n) is 6.94. The number of nitrogens with zero attached hydrogens (tertiary/aromatic N) is 2. The average Bonchev–Trinajstić information content (AvgIpc) is 2.49. The fourth-order valence-electron chi connectivity index (χ4n) is 3.13. The van der Waals surface area contributed by atoms with Crippen LogP contribution in [0.3, 0.4) is 0 Å². The van der Waals surface area contributed by atoms with Crippen LogP contribution in [-0.4, -0.2) is 22.0 Å². The van der Waals surface area contributed by atoms with Crippen molar-refractivity contribution in [2.45, 2.75) is 37.5 Å². The first-order chi connectivity index (χ1) is 9.76. The largest absolute Gasteiger partial charge is 0.303 e. The minimum Gasteiger partial charge on any atom is -0.303 e. The molecule has 1 atom stereocenters. The SMILES string of the molecule is O=CCC1(c2ccc3nccnc3c2)CCCCC1=O. The van der Waals surface area contributed by atoms with E-state index < -0.39 is 5.41 Å². The molecule has 4 nitrogen and oxygen atoms in total. The van der Waals surface area contributed by atoms with E-state index in [1.807, 2.05) is 18.2 Å². The fourth-order valence-corrected chi connectivity index (χ4v) is 3.13. The summed E-state index contributed by atoms with van der Waals surface area (Å²) in [5, 5.41) is 0. The topological polar surface area (TPSA) is 59.9 Å². The first-order valence-corrected chi connectivity index (χ1v) is 6.94. The molecule has 0 bridgehead atoms. The van der Waals surface area contributed by atoms with Gasteiger partial charge in [-0.15, -0.1) is 0 Å². The van der Waals surface area contributed by atoms with Crippen LogP contribution >= 0.6 is 0 Å². The van der Waals surface area contributed by atoms with Gasteiger partial charge in [-0.3, -0.25) is 14.8 Å². The quantitative estimate of drug-likeness (QED) is 0.803. The Morgan fingerprint density at radius 1 is 1.15 bits per heavy atom. The van der Waals surface area contributed by atoms with Gasteiger partial charge in [-0.2, -0.15) is 0 Å². The molecule has 20 heavy (non-hydrogen) atoms. The Labute approximate surface area is 117 Å². The number of benzene rings is 1. The summed E-state index contributed by atoms with van der Waals surface area (Å²) in [7, 11) is 0. The molecule has 1 unspecified atom stereocenters. The number of aromatic nitrogens is 2. The van der Waals surface area contributed by atoms with Gasteiger partial charge in [0.25, 0.3) is 0 Å². The number of rotatable bonds is 3. The first kappa shape index (κ1) is 12.9. The number of Topliss-reactive ketones (excluding diaryl/α,β-unsaturated/α-hetero) is 1. The predicted octanol–water partition coefficient (Wildman–Crippen LogP) is 2.60. The van der Waals surface area contributed by atoms with Gasteiger partial charge in [-0.1, -0.05) is 12.5 Å². The highest BCUT2D eigenvalue weighted by Crippen LogP contribution is 2.39. The molecule has 2 aromatic rings. The maximum Gasteiger partial charge on any atom is 0.143 e. The van der Waals surface area contributed by atoms with Crippen LogP contribution in [0.4, 0.5) is 0 Å². The number of aldehydes is 1. The summed E-state index contributed by atoms with van der Waals surface area (Å²) in [4.78, 5) is 32.1. The van der Waals surface area contributed by atoms with Gasteiger partial charge >= 0.3 is 0 Å². The van der Waals surface area contributed by atoms with Crippen molar-refractivity contribution in [3.63, 3.8) is 0 Å². The Bertz CT molecular complexity index is 668. The lowest BCUT2D eigenvalue weighted by Gasteiger charge is -2.34. The van der Waals surface area contributed by atoms with Crippen LogP contribution in [0.25, 0.3) is 11.0 Å². The standard InChI is InChI=1S/C16H16N2O2/c19-10-7-16(6-2-1-3-15(16)20)12-4-5-13-14(11-12)18-9-8-17-13/h4-5,8-11H,1-3,6-7H2. The molecule has 0 aliphatic heterocycles. The highest BCUT2D eigenvalue weighted by molar-refractivity contribution is 5.94. The second-order valence-electron chi connectivity index (χ2n) is 5.34. The molecule has 1 aliphatic carbocycles. The molecule has 1 fully saturated rings. The normalized spacial score (nSPS) is 22.9. The van der Waals surface area contributed by atoms with E-state index in [0.29, 0.717) is 6.42 Å². The zero-order valence-electron chi connectivity index (χ0n) is 11.2. The average molecular weight is 268 g/mol. The van der Waals surface area contributed by atoms with Crippen molar-refractivity contribution in [3.05, 3.63) is 36.2 Å². The monoisotopic (exact) mass is 268 g/mol. The second-order valence-corrected chi connectivity index (χ2v) is 5.34. The lowest BCUT2D eigenvalue weighted by Crippen LogP contribution is -2.39. The minimum absolute atomic E-state index is 0.180. The number of carbonyl (C=O) groups excluding carboxylic acids is 2. The summed E-state index contributed by atoms with van der Waals surface area (Å²) in [6, 6.07) is 5.71. The second kappa shape index (κ2) is 5.12. The van der Waals surface area contributed by atoms with E-state index >= 15 is 0 Å². The summed E-state index contributed by atoms with van der Waals surface area (Å²) in [5.41, 5.74) is 1.84. The van der Waals surface area contributed by atoms with Gasteiger partial charge in [0.15, 0.2) is 0 Å². The van der Waals surface area contributed by atoms with Crippen molar-refractivity contribution in [3.8, 4) is 0 Å². The molecule has 102 valence electrons. The minimum atomic E-state index is -0.647. The summed E-state index contributed by atoms with van der Waals surface area (Å²) < 4.78 is 0. The van der Waals surface area contributed by atoms with E-state index in [4.69, 9.17) is 0 Å². The number of hydrogen-bond donors (Lipinski definition) is 0. The molecule has 0 spiro atoms. The lowest BCUT2D eigenvalue weighted by molar-refractivity contribution is -0.128. The third-order valence-corrected chi connectivity index (χ3v) is 4.24. The Kier molecular flexibility index (Phi) is 3.30. The highest BCUT2D eigenvalue weighted by Gasteiger charge is 2.41. The van der Waals surface area contributed by atoms with Crippen LogP contribution in [0.1, 0.15) is 37.7 Å². The zero-order valence-corrected chi connectivity index (χ0v) is 11.2. The third-order valence-electron chi connectivity index (χ3n) is 4.24. The molecule has 1 aromatic carbocycles. The van der Waals surface area contributed by atoms with Crippen molar-refractivity contribution in [2.24, 2.45) is 0 Å². The maximum absolute atomic E-state index is 12.4. The summed E-state index contributed by atoms with van der Waals surface area (Å²) in [6.07, 6.45) is 7.63. The van der Waals surface area contributed by atoms with Crippen LogP contribution in [0.5, 0.6) is 0 Å². The van der Waals surface area contributed by atoms with E-state index in [1.54, 1.807) is 12.4 Å². The molecule has 1 aliphatic rings. The highest BCUT2D eigenvalue weighted by atomic mass is 16.1. The van der Waals surface area contributed by atoms with E-state index in [9.17, 15) is 9.59 Å². The number of ketones is 1. The van der Waals surface area contributed by atoms with E-state index in [1.165, 1.54) is 0 Å². The van der Waals surface area contributed by atoms with Gasteiger partial charge in [-0.05, 0) is 30.5 Å². The number of carbonyl (C=O) groups is 2. The van der Waals surface area contributed by atoms with Crippen molar-refractivity contribution >= 4 is 23.1 Å². The third kappa shape index (κ3) is 2.01. The molecule has 1 heterocycles. The molecule has 4 heteroatoms. The zero-order chi connectivity index (χ0) is 14.0. The smallest absolute Gasteiger partial charge is 0.143 e. The van der Waals surface area contributed by atoms with Gasteiger partial charge in [0.05, 0.1) is 16.4 Å². The van der Waals surface area contributed by atoms with Crippen LogP contribution in [0, 0.1) is 0 Å². The molecule has 3 rings (SSSR count). The number of hydrogen-bond acceptors (Lipinski definition) is 4. The fraction of sp³-hybridized carbons (Fsp3) is 0.375. The lowest BCUT2D eigenvalue weighted by atomic mass is 9.67. The predicted molar refractivity (Wildman–Crippen MR) is 75.4 cm³/mol. The molecule has 1 aromatic heterocycles. The van der Waals surface area contributed by atoms with Crippen LogP contribution in [0.15, 0.2) is 30.6 Å². The van der Waals surface area contributed by atoms with E-state index in [-0.39, 0.29) is 12.2 Å². The van der Waals surface area contributed by atoms with Crippen LogP contribution in [0.2, 0.25) is 0 Å². The Hall–Kier alpha value is -2.10. The van der Waals surface area contributed by atoms with Gasteiger partial charge in [0, 0.05) is 25.2 Å². The molecular weight excluding hydrogens is 252 g/mol. The Morgan fingerprint density at radius 2 is 1.95 bits per heavy atom. The molecule has 0 N–H and O–H groups in total. The van der Waals surface area contributed by atoms with Gasteiger partial charge in [0.1, 0.15) is 12.1 Å². The molecule has 0 amide bonds. The van der Waals surface area contributed by atoms with E-state index in [0.717, 1.165) is 42.1 Å². The summed E-state index contributed by atoms with van der Waals surface area (Å²) >= 11 is 0. The van der Waals surface area contributed by atoms with Crippen molar-refractivity contribution < 1.29 is 9.59 Å². The summed E-state index contributed by atoms with van der Waals surface area (Å²) in [5.74, 6) is 0.180. The van der Waals surface area contributed by atoms with E-state index in [2.05, 4.69) is 9.97 Å². The molecule has 1 saturated carbocycles. The van der Waals surface area contributed by atoms with Crippen molar-refractivity contribution in [1.29, 1.82) is 0 Å². The van der Waals surface area contributed by atoms with Crippen molar-refractivity contribution in [2.75, 3.05) is 0 Å². The van der Waals surface area contributed by atoms with Crippen LogP contribution in [-0.2, 0) is 15.0 Å². The van der Waals surface area contributed by atoms with Gasteiger partial charge in [0.2, 0.25) is 0 Å². The molecule has 0 saturated heterocycles. The van der Waals surface area contributed by atoms with Gasteiger partial charge < -0.3 is 4.79 Å².